The second-order valence-corrected chi connectivity index (χ2v) is 8.72. The Morgan fingerprint density at radius 1 is 0.862 bits per heavy atom. The number of likely N-dealkylation sites (tertiary alicyclic amines) is 2. The third kappa shape index (κ3) is 1.50. The van der Waals surface area contributed by atoms with Gasteiger partial charge in [0.15, 0.2) is 0 Å². The number of likely N-dealkylation sites (N-methyl/N-ethyl adjacent to an activating group) is 1. The number of benzene rings is 1. The predicted octanol–water partition coefficient (Wildman–Crippen LogP) is 0.754. The molecule has 0 radical (unpaired) electrons. The van der Waals surface area contributed by atoms with Crippen LogP contribution >= 0.6 is 0 Å². The Morgan fingerprint density at radius 3 is 1.97 bits per heavy atom. The molecule has 6 aliphatic rings. The minimum atomic E-state index is -0.989. The highest BCUT2D eigenvalue weighted by molar-refractivity contribution is 6.16. The fourth-order valence-electron chi connectivity index (χ4n) is 7.01. The van der Waals surface area contributed by atoms with Crippen LogP contribution in [0.25, 0.3) is 5.57 Å². The lowest BCUT2D eigenvalue weighted by molar-refractivity contribution is -0.138. The van der Waals surface area contributed by atoms with Gasteiger partial charge in [0, 0.05) is 37.8 Å². The summed E-state index contributed by atoms with van der Waals surface area (Å²) in [6.45, 7) is 2.57. The Labute approximate surface area is 167 Å². The molecular formula is C22H21N3O4. The molecule has 1 spiro atoms. The van der Waals surface area contributed by atoms with E-state index in [1.165, 1.54) is 23.9 Å². The Kier molecular flexibility index (Phi) is 2.90. The van der Waals surface area contributed by atoms with Gasteiger partial charge in [-0.25, -0.2) is 0 Å². The van der Waals surface area contributed by atoms with E-state index in [1.54, 1.807) is 0 Å². The molecule has 4 amide bonds. The number of hydrogen-bond acceptors (Lipinski definition) is 5. The second-order valence-electron chi connectivity index (χ2n) is 8.72. The first-order valence-electron chi connectivity index (χ1n) is 10.1. The fraction of sp³-hybridized carbons (Fsp3) is 0.455. The van der Waals surface area contributed by atoms with Gasteiger partial charge in [0.1, 0.15) is 0 Å². The van der Waals surface area contributed by atoms with Crippen molar-refractivity contribution in [2.45, 2.75) is 12.5 Å². The average Bonchev–Trinajstić information content (AvgIpc) is 3.25. The van der Waals surface area contributed by atoms with Gasteiger partial charge in [-0.3, -0.25) is 29.0 Å². The number of hydrogen-bond donors (Lipinski definition) is 0. The van der Waals surface area contributed by atoms with Crippen molar-refractivity contribution < 1.29 is 19.2 Å². The third-order valence-corrected chi connectivity index (χ3v) is 7.96. The second kappa shape index (κ2) is 4.96. The lowest BCUT2D eigenvalue weighted by Gasteiger charge is -2.57. The van der Waals surface area contributed by atoms with Crippen LogP contribution in [0.3, 0.4) is 0 Å². The first-order valence-corrected chi connectivity index (χ1v) is 10.1. The summed E-state index contributed by atoms with van der Waals surface area (Å²) in [6.07, 6.45) is 2.03. The largest absolute Gasteiger partial charge is 0.360 e. The number of para-hydroxylation sites is 1. The van der Waals surface area contributed by atoms with Crippen LogP contribution in [-0.4, -0.2) is 59.6 Å². The summed E-state index contributed by atoms with van der Waals surface area (Å²) >= 11 is 0. The van der Waals surface area contributed by atoms with Gasteiger partial charge in [-0.15, -0.1) is 0 Å². The Hall–Kier alpha value is -2.96. The summed E-state index contributed by atoms with van der Waals surface area (Å²) in [5, 5.41) is 0. The number of amides is 4. The van der Waals surface area contributed by atoms with Crippen molar-refractivity contribution in [3.8, 4) is 0 Å². The number of fused-ring (bicyclic) bond motifs is 1. The monoisotopic (exact) mass is 391 g/mol. The number of carbonyl (C=O) groups is 4. The molecule has 1 saturated carbocycles. The number of rotatable bonds is 1. The summed E-state index contributed by atoms with van der Waals surface area (Å²) in [6, 6.07) is 7.91. The van der Waals surface area contributed by atoms with Gasteiger partial charge in [0.05, 0.1) is 29.2 Å². The summed E-state index contributed by atoms with van der Waals surface area (Å²) in [4.78, 5) is 57.5. The van der Waals surface area contributed by atoms with Crippen molar-refractivity contribution in [1.82, 2.24) is 9.80 Å². The van der Waals surface area contributed by atoms with Crippen LogP contribution in [-0.2, 0) is 19.2 Å². The van der Waals surface area contributed by atoms with Crippen molar-refractivity contribution in [3.05, 3.63) is 35.9 Å². The van der Waals surface area contributed by atoms with Crippen molar-refractivity contribution in [1.29, 1.82) is 0 Å². The van der Waals surface area contributed by atoms with Crippen LogP contribution in [0.15, 0.2) is 30.3 Å². The van der Waals surface area contributed by atoms with Crippen LogP contribution in [0.1, 0.15) is 12.5 Å². The van der Waals surface area contributed by atoms with Crippen LogP contribution < -0.4 is 4.90 Å². The van der Waals surface area contributed by atoms with E-state index in [9.17, 15) is 19.2 Å². The van der Waals surface area contributed by atoms with Gasteiger partial charge >= 0.3 is 0 Å². The van der Waals surface area contributed by atoms with Crippen molar-refractivity contribution in [2.24, 2.45) is 29.6 Å². The molecule has 4 unspecified atom stereocenters. The van der Waals surface area contributed by atoms with E-state index in [1.807, 2.05) is 37.3 Å². The molecule has 3 aliphatic heterocycles. The van der Waals surface area contributed by atoms with Crippen molar-refractivity contribution in [2.75, 3.05) is 25.5 Å². The van der Waals surface area contributed by atoms with E-state index < -0.39 is 35.1 Å². The zero-order valence-corrected chi connectivity index (χ0v) is 16.5. The molecule has 2 bridgehead atoms. The van der Waals surface area contributed by atoms with E-state index in [-0.39, 0.29) is 23.6 Å². The molecule has 1 aromatic rings. The standard InChI is InChI=1S/C22H21N3O4/c1-4-25-13-8-6-5-7-10(13)12-9-11-14-16(20(28)23(2)18(14)26)22(12,25)17-15(11)19(27)24(3)21(17)29/h5-9,11,14-17H,4H2,1-3H3. The zero-order chi connectivity index (χ0) is 20.4. The summed E-state index contributed by atoms with van der Waals surface area (Å²) in [7, 11) is 3.03. The molecule has 0 aromatic heterocycles. The maximum atomic E-state index is 13.4. The van der Waals surface area contributed by atoms with E-state index >= 15 is 0 Å². The maximum Gasteiger partial charge on any atom is 0.235 e. The average molecular weight is 391 g/mol. The molecular weight excluding hydrogens is 370 g/mol. The molecule has 0 N–H and O–H groups in total. The minimum absolute atomic E-state index is 0.236. The smallest absolute Gasteiger partial charge is 0.235 e. The number of carbonyl (C=O) groups excluding carboxylic acids is 4. The topological polar surface area (TPSA) is 78.0 Å². The fourth-order valence-corrected chi connectivity index (χ4v) is 7.01. The van der Waals surface area contributed by atoms with Gasteiger partial charge in [-0.1, -0.05) is 24.3 Å². The molecule has 3 heterocycles. The highest BCUT2D eigenvalue weighted by Crippen LogP contribution is 2.69. The zero-order valence-electron chi connectivity index (χ0n) is 16.5. The molecule has 7 nitrogen and oxygen atoms in total. The molecule has 3 aliphatic carbocycles. The van der Waals surface area contributed by atoms with Gasteiger partial charge < -0.3 is 4.90 Å². The number of imide groups is 2. The Balaban J connectivity index is 1.73. The maximum absolute atomic E-state index is 13.4. The van der Waals surface area contributed by atoms with Gasteiger partial charge in [0.2, 0.25) is 23.6 Å². The minimum Gasteiger partial charge on any atom is -0.360 e. The molecule has 7 rings (SSSR count). The van der Waals surface area contributed by atoms with Gasteiger partial charge in [-0.2, -0.15) is 0 Å². The van der Waals surface area contributed by atoms with Crippen LogP contribution in [0.2, 0.25) is 0 Å². The number of nitrogens with zero attached hydrogens (tertiary/aromatic N) is 3. The predicted molar refractivity (Wildman–Crippen MR) is 103 cm³/mol. The first kappa shape index (κ1) is 16.9. The van der Waals surface area contributed by atoms with Crippen LogP contribution in [0.4, 0.5) is 5.69 Å². The lowest BCUT2D eigenvalue weighted by atomic mass is 9.47. The van der Waals surface area contributed by atoms with E-state index in [2.05, 4.69) is 4.90 Å². The van der Waals surface area contributed by atoms with E-state index in [0.29, 0.717) is 6.54 Å². The Morgan fingerprint density at radius 2 is 1.41 bits per heavy atom. The van der Waals surface area contributed by atoms with Gasteiger partial charge in [0.25, 0.3) is 0 Å². The highest BCUT2D eigenvalue weighted by atomic mass is 16.2. The van der Waals surface area contributed by atoms with E-state index in [0.717, 1.165) is 16.8 Å². The highest BCUT2D eigenvalue weighted by Gasteiger charge is 2.78. The van der Waals surface area contributed by atoms with Crippen LogP contribution in [0, 0.1) is 29.6 Å². The normalized spacial score (nSPS) is 39.1. The molecule has 4 atom stereocenters. The quantitative estimate of drug-likeness (QED) is 0.661. The molecule has 1 aromatic carbocycles. The number of anilines is 1. The Bertz CT molecular complexity index is 1030. The molecule has 148 valence electrons. The lowest BCUT2D eigenvalue weighted by Crippen LogP contribution is -2.69. The van der Waals surface area contributed by atoms with Crippen molar-refractivity contribution in [3.63, 3.8) is 0 Å². The third-order valence-electron chi connectivity index (χ3n) is 7.96. The van der Waals surface area contributed by atoms with Crippen LogP contribution in [0.5, 0.6) is 0 Å². The summed E-state index contributed by atoms with van der Waals surface area (Å²) < 4.78 is 0. The molecule has 7 heteroatoms. The number of allylic oxidation sites excluding steroid dienone is 1. The summed E-state index contributed by atoms with van der Waals surface area (Å²) in [5.41, 5.74) is 1.92. The SMILES string of the molecule is CCN1c2ccccc2C2=CC3C4C(=O)N(C)C(=O)C4C21C1C(=O)N(C)C(=O)C31. The van der Waals surface area contributed by atoms with Gasteiger partial charge in [-0.05, 0) is 18.6 Å². The van der Waals surface area contributed by atoms with E-state index in [4.69, 9.17) is 0 Å². The van der Waals surface area contributed by atoms with Crippen molar-refractivity contribution >= 4 is 34.9 Å². The summed E-state index contributed by atoms with van der Waals surface area (Å²) in [5.74, 6) is -3.88. The first-order chi connectivity index (χ1) is 13.9. The molecule has 3 fully saturated rings. The molecule has 29 heavy (non-hydrogen) atoms. The molecule has 2 saturated heterocycles.